The van der Waals surface area contributed by atoms with Gasteiger partial charge < -0.3 is 9.67 Å². The Hall–Kier alpha value is -2.06. The molecule has 6 nitrogen and oxygen atoms in total. The van der Waals surface area contributed by atoms with Crippen LogP contribution in [0.2, 0.25) is 0 Å². The van der Waals surface area contributed by atoms with Crippen molar-refractivity contribution in [3.8, 4) is 0 Å². The second-order valence-corrected chi connectivity index (χ2v) is 2.72. The zero-order valence-corrected chi connectivity index (χ0v) is 7.65. The third kappa shape index (κ3) is 2.97. The predicted molar refractivity (Wildman–Crippen MR) is 44.5 cm³/mol. The van der Waals surface area contributed by atoms with E-state index in [1.165, 1.54) is 5.32 Å². The lowest BCUT2D eigenvalue weighted by molar-refractivity contribution is -0.167. The van der Waals surface area contributed by atoms with Gasteiger partial charge in [-0.15, -0.1) is 0 Å². The maximum absolute atomic E-state index is 11.9. The summed E-state index contributed by atoms with van der Waals surface area (Å²) in [6, 6.07) is 0. The van der Waals surface area contributed by atoms with Gasteiger partial charge in [0.25, 0.3) is 0 Å². The second kappa shape index (κ2) is 4.21. The summed E-state index contributed by atoms with van der Waals surface area (Å²) in [4.78, 5) is 24.2. The van der Waals surface area contributed by atoms with Crippen LogP contribution in [0.4, 0.5) is 19.1 Å². The van der Waals surface area contributed by atoms with Gasteiger partial charge in [0.05, 0.1) is 0 Å². The summed E-state index contributed by atoms with van der Waals surface area (Å²) >= 11 is 0. The van der Waals surface area contributed by atoms with Crippen molar-refractivity contribution in [2.75, 3.05) is 5.32 Å². The number of carbonyl (C=O) groups is 2. The number of hydrogen-bond acceptors (Lipinski definition) is 3. The van der Waals surface area contributed by atoms with Crippen LogP contribution in [0.15, 0.2) is 12.4 Å². The number of carbonyl (C=O) groups excluding carboxylic acids is 1. The zero-order chi connectivity index (χ0) is 12.3. The number of rotatable bonds is 3. The highest BCUT2D eigenvalue weighted by Gasteiger charge is 2.39. The minimum atomic E-state index is -5.04. The van der Waals surface area contributed by atoms with Crippen molar-refractivity contribution in [3.05, 3.63) is 12.4 Å². The van der Waals surface area contributed by atoms with Gasteiger partial charge in [0.2, 0.25) is 5.95 Å². The van der Waals surface area contributed by atoms with E-state index < -0.39 is 30.5 Å². The van der Waals surface area contributed by atoms with Crippen LogP contribution in [0.5, 0.6) is 0 Å². The predicted octanol–water partition coefficient (Wildman–Crippen LogP) is 0.468. The standard InChI is InChI=1S/C7H6F3N3O3/c8-7(9,10)5(16)12-6-11-1-2-13(6)3-4(14)15/h1-2H,3H2,(H,14,15)(H,11,12,16). The molecule has 2 N–H and O–H groups in total. The van der Waals surface area contributed by atoms with Crippen LogP contribution in [-0.4, -0.2) is 32.7 Å². The number of nitrogens with zero attached hydrogens (tertiary/aromatic N) is 2. The molecule has 0 bridgehead atoms. The molecular weight excluding hydrogens is 231 g/mol. The number of alkyl halides is 3. The van der Waals surface area contributed by atoms with Crippen LogP contribution in [0.1, 0.15) is 0 Å². The number of anilines is 1. The van der Waals surface area contributed by atoms with E-state index in [2.05, 4.69) is 4.98 Å². The van der Waals surface area contributed by atoms with Gasteiger partial charge in [-0.2, -0.15) is 13.2 Å². The van der Waals surface area contributed by atoms with Crippen LogP contribution in [0.3, 0.4) is 0 Å². The van der Waals surface area contributed by atoms with Crippen LogP contribution < -0.4 is 5.32 Å². The summed E-state index contributed by atoms with van der Waals surface area (Å²) in [5, 5.41) is 9.88. The number of nitrogens with one attached hydrogen (secondary N) is 1. The molecule has 16 heavy (non-hydrogen) atoms. The minimum Gasteiger partial charge on any atom is -0.480 e. The lowest BCUT2D eigenvalue weighted by atomic mass is 10.6. The fraction of sp³-hybridized carbons (Fsp3) is 0.286. The quantitative estimate of drug-likeness (QED) is 0.800. The van der Waals surface area contributed by atoms with Crippen molar-refractivity contribution in [3.63, 3.8) is 0 Å². The average Bonchev–Trinajstić information content (AvgIpc) is 2.50. The Morgan fingerprint density at radius 3 is 2.62 bits per heavy atom. The summed E-state index contributed by atoms with van der Waals surface area (Å²) in [6.07, 6.45) is -2.82. The fourth-order valence-electron chi connectivity index (χ4n) is 0.879. The highest BCUT2D eigenvalue weighted by molar-refractivity contribution is 5.93. The van der Waals surface area contributed by atoms with Crippen molar-refractivity contribution >= 4 is 17.8 Å². The molecule has 1 aromatic rings. The van der Waals surface area contributed by atoms with E-state index in [1.807, 2.05) is 0 Å². The number of carboxylic acids is 1. The molecule has 0 aliphatic carbocycles. The Bertz CT molecular complexity index is 412. The van der Waals surface area contributed by atoms with E-state index in [0.717, 1.165) is 17.0 Å². The number of hydrogen-bond donors (Lipinski definition) is 2. The van der Waals surface area contributed by atoms with Gasteiger partial charge in [0.15, 0.2) is 0 Å². The molecule has 0 atom stereocenters. The molecule has 1 heterocycles. The first kappa shape index (κ1) is 12.0. The first-order valence-electron chi connectivity index (χ1n) is 3.92. The number of aliphatic carboxylic acids is 1. The van der Waals surface area contributed by atoms with Crippen molar-refractivity contribution in [1.82, 2.24) is 9.55 Å². The summed E-state index contributed by atoms with van der Waals surface area (Å²) in [7, 11) is 0. The average molecular weight is 237 g/mol. The molecular formula is C7H6F3N3O3. The molecule has 0 saturated carbocycles. The van der Waals surface area contributed by atoms with Gasteiger partial charge in [-0.1, -0.05) is 0 Å². The van der Waals surface area contributed by atoms with Gasteiger partial charge in [-0.3, -0.25) is 14.9 Å². The number of halogens is 3. The van der Waals surface area contributed by atoms with E-state index in [1.54, 1.807) is 0 Å². The highest BCUT2D eigenvalue weighted by Crippen LogP contribution is 2.17. The molecule has 1 aromatic heterocycles. The normalized spacial score (nSPS) is 11.2. The number of aromatic nitrogens is 2. The Balaban J connectivity index is 2.78. The molecule has 0 aromatic carbocycles. The van der Waals surface area contributed by atoms with Crippen molar-refractivity contribution in [1.29, 1.82) is 0 Å². The maximum atomic E-state index is 11.9. The molecule has 0 radical (unpaired) electrons. The Morgan fingerprint density at radius 1 is 1.50 bits per heavy atom. The molecule has 1 rings (SSSR count). The zero-order valence-electron chi connectivity index (χ0n) is 7.65. The first-order chi connectivity index (χ1) is 7.30. The molecule has 0 aliphatic heterocycles. The molecule has 1 amide bonds. The molecule has 88 valence electrons. The number of carboxylic acid groups (broad SMARTS) is 1. The molecule has 0 saturated heterocycles. The van der Waals surface area contributed by atoms with E-state index in [9.17, 15) is 22.8 Å². The Morgan fingerprint density at radius 2 is 2.12 bits per heavy atom. The minimum absolute atomic E-state index is 0.468. The molecule has 0 spiro atoms. The van der Waals surface area contributed by atoms with E-state index in [0.29, 0.717) is 0 Å². The summed E-state index contributed by atoms with van der Waals surface area (Å²) in [6.45, 7) is -0.590. The number of imidazole rings is 1. The van der Waals surface area contributed by atoms with Crippen LogP contribution in [0, 0.1) is 0 Å². The van der Waals surface area contributed by atoms with Crippen LogP contribution in [0.25, 0.3) is 0 Å². The van der Waals surface area contributed by atoms with E-state index >= 15 is 0 Å². The van der Waals surface area contributed by atoms with Crippen LogP contribution >= 0.6 is 0 Å². The lowest BCUT2D eigenvalue weighted by Gasteiger charge is -2.08. The van der Waals surface area contributed by atoms with Crippen molar-refractivity contribution < 1.29 is 27.9 Å². The Labute approximate surface area is 86.7 Å². The van der Waals surface area contributed by atoms with Gasteiger partial charge in [0, 0.05) is 12.4 Å². The van der Waals surface area contributed by atoms with E-state index in [-0.39, 0.29) is 0 Å². The molecule has 0 unspecified atom stereocenters. The van der Waals surface area contributed by atoms with E-state index in [4.69, 9.17) is 5.11 Å². The van der Waals surface area contributed by atoms with Gasteiger partial charge in [-0.25, -0.2) is 4.98 Å². The maximum Gasteiger partial charge on any atom is 0.471 e. The second-order valence-electron chi connectivity index (χ2n) is 2.72. The smallest absolute Gasteiger partial charge is 0.471 e. The molecule has 0 fully saturated rings. The highest BCUT2D eigenvalue weighted by atomic mass is 19.4. The summed E-state index contributed by atoms with van der Waals surface area (Å²) < 4.78 is 36.5. The largest absolute Gasteiger partial charge is 0.480 e. The topological polar surface area (TPSA) is 84.2 Å². The summed E-state index contributed by atoms with van der Waals surface area (Å²) in [5.74, 6) is -3.93. The van der Waals surface area contributed by atoms with Gasteiger partial charge in [-0.05, 0) is 0 Å². The fourth-order valence-corrected chi connectivity index (χ4v) is 0.879. The van der Waals surface area contributed by atoms with Crippen LogP contribution in [-0.2, 0) is 16.1 Å². The first-order valence-corrected chi connectivity index (χ1v) is 3.92. The van der Waals surface area contributed by atoms with Gasteiger partial charge in [0.1, 0.15) is 6.54 Å². The molecule has 9 heteroatoms. The monoisotopic (exact) mass is 237 g/mol. The summed E-state index contributed by atoms with van der Waals surface area (Å²) in [5.41, 5.74) is 0. The third-order valence-corrected chi connectivity index (χ3v) is 1.50. The van der Waals surface area contributed by atoms with Crippen molar-refractivity contribution in [2.24, 2.45) is 0 Å². The Kier molecular flexibility index (Phi) is 3.16. The molecule has 0 aliphatic rings. The number of amides is 1. The SMILES string of the molecule is O=C(O)Cn1ccnc1NC(=O)C(F)(F)F. The van der Waals surface area contributed by atoms with Gasteiger partial charge >= 0.3 is 18.1 Å². The third-order valence-electron chi connectivity index (χ3n) is 1.50. The lowest BCUT2D eigenvalue weighted by Crippen LogP contribution is -2.31. The van der Waals surface area contributed by atoms with Crippen molar-refractivity contribution in [2.45, 2.75) is 12.7 Å².